The first kappa shape index (κ1) is 30.2. The molecule has 1 saturated carbocycles. The van der Waals surface area contributed by atoms with Crippen molar-refractivity contribution < 1.29 is 0 Å². The third-order valence-corrected chi connectivity index (χ3v) is 10.8. The first-order valence-corrected chi connectivity index (χ1v) is 17.5. The fraction of sp³-hybridized carbons (Fsp3) is 0.191. The van der Waals surface area contributed by atoms with E-state index < -0.39 is 0 Å². The molecule has 0 aromatic heterocycles. The molecule has 1 fully saturated rings. The SMILES string of the molecule is Cc1ccc(N(C2=CC3C(C=C2)C2=CCCC(c4ccc(-c5ccccc5)cc4)C=C2C3(C)C)c2ccc(-c3ccccc3)cc2)cc1. The monoisotopic (exact) mass is 621 g/mol. The molecule has 0 bridgehead atoms. The third kappa shape index (κ3) is 5.58. The zero-order valence-corrected chi connectivity index (χ0v) is 28.2. The number of aryl methyl sites for hydroxylation is 1. The van der Waals surface area contributed by atoms with E-state index in [1.54, 1.807) is 0 Å². The van der Waals surface area contributed by atoms with Crippen molar-refractivity contribution in [2.45, 2.75) is 39.5 Å². The summed E-state index contributed by atoms with van der Waals surface area (Å²) in [5, 5.41) is 0. The summed E-state index contributed by atoms with van der Waals surface area (Å²) in [7, 11) is 0. The van der Waals surface area contributed by atoms with Gasteiger partial charge in [0.15, 0.2) is 0 Å². The molecule has 3 atom stereocenters. The lowest BCUT2D eigenvalue weighted by atomic mass is 9.74. The number of hydrogen-bond donors (Lipinski definition) is 0. The summed E-state index contributed by atoms with van der Waals surface area (Å²) in [5.41, 5.74) is 14.4. The van der Waals surface area contributed by atoms with Crippen LogP contribution in [-0.2, 0) is 0 Å². The lowest BCUT2D eigenvalue weighted by Gasteiger charge is -2.34. The minimum absolute atomic E-state index is 0.00912. The molecule has 0 radical (unpaired) electrons. The average molecular weight is 622 g/mol. The highest BCUT2D eigenvalue weighted by Crippen LogP contribution is 2.58. The van der Waals surface area contributed by atoms with Crippen LogP contribution in [0.25, 0.3) is 22.3 Å². The van der Waals surface area contributed by atoms with Crippen molar-refractivity contribution in [1.29, 1.82) is 0 Å². The maximum Gasteiger partial charge on any atom is 0.0461 e. The van der Waals surface area contributed by atoms with Gasteiger partial charge in [-0.15, -0.1) is 0 Å². The number of anilines is 2. The summed E-state index contributed by atoms with van der Waals surface area (Å²) in [6.45, 7) is 7.09. The highest BCUT2D eigenvalue weighted by Gasteiger charge is 2.48. The fourth-order valence-electron chi connectivity index (χ4n) is 8.15. The Kier molecular flexibility index (Phi) is 7.85. The fourth-order valence-corrected chi connectivity index (χ4v) is 8.15. The second-order valence-electron chi connectivity index (χ2n) is 14.2. The molecular formula is C47H43N. The number of benzene rings is 5. The van der Waals surface area contributed by atoms with Gasteiger partial charge in [0.2, 0.25) is 0 Å². The van der Waals surface area contributed by atoms with E-state index >= 15 is 0 Å². The van der Waals surface area contributed by atoms with Crippen LogP contribution in [0.3, 0.4) is 0 Å². The standard InChI is InChI=1S/C47H43N/c1-33-17-25-40(26-18-33)48(41-27-23-37(24-28-41)35-13-8-5-9-14-35)42-29-30-44-43-16-10-15-39(31-45(43)47(2,3)46(44)32-42)38-21-19-36(20-22-38)34-11-6-4-7-12-34/h4-9,11-14,16-32,39,44,46H,10,15H2,1-3H3. The van der Waals surface area contributed by atoms with E-state index in [0.29, 0.717) is 17.8 Å². The maximum atomic E-state index is 2.62. The second-order valence-corrected chi connectivity index (χ2v) is 14.2. The molecule has 236 valence electrons. The Morgan fingerprint density at radius 3 is 1.75 bits per heavy atom. The summed E-state index contributed by atoms with van der Waals surface area (Å²) >= 11 is 0. The lowest BCUT2D eigenvalue weighted by molar-refractivity contribution is 0.330. The predicted molar refractivity (Wildman–Crippen MR) is 203 cm³/mol. The van der Waals surface area contributed by atoms with Gasteiger partial charge in [0.25, 0.3) is 0 Å². The Morgan fingerprint density at radius 1 is 0.604 bits per heavy atom. The minimum atomic E-state index is 0.00912. The highest BCUT2D eigenvalue weighted by molar-refractivity contribution is 5.74. The van der Waals surface area contributed by atoms with Gasteiger partial charge < -0.3 is 4.90 Å². The summed E-state index contributed by atoms with van der Waals surface area (Å²) in [6.07, 6.45) is 14.9. The Balaban J connectivity index is 1.13. The van der Waals surface area contributed by atoms with Crippen LogP contribution < -0.4 is 4.90 Å². The second kappa shape index (κ2) is 12.5. The molecule has 0 aliphatic heterocycles. The lowest BCUT2D eigenvalue weighted by Crippen LogP contribution is -2.26. The van der Waals surface area contributed by atoms with Crippen LogP contribution in [0.4, 0.5) is 11.4 Å². The van der Waals surface area contributed by atoms with Crippen molar-refractivity contribution in [1.82, 2.24) is 0 Å². The molecule has 0 heterocycles. The Hall–Kier alpha value is -5.14. The predicted octanol–water partition coefficient (Wildman–Crippen LogP) is 12.6. The van der Waals surface area contributed by atoms with Crippen LogP contribution in [0.1, 0.15) is 43.7 Å². The smallest absolute Gasteiger partial charge is 0.0461 e. The van der Waals surface area contributed by atoms with Crippen molar-refractivity contribution in [3.8, 4) is 22.3 Å². The van der Waals surface area contributed by atoms with Crippen molar-refractivity contribution in [3.63, 3.8) is 0 Å². The zero-order chi connectivity index (χ0) is 32.7. The minimum Gasteiger partial charge on any atom is -0.311 e. The molecule has 0 amide bonds. The average Bonchev–Trinajstić information content (AvgIpc) is 3.26. The number of hydrogen-bond acceptors (Lipinski definition) is 1. The van der Waals surface area contributed by atoms with Gasteiger partial charge in [-0.1, -0.05) is 153 Å². The third-order valence-electron chi connectivity index (χ3n) is 10.8. The molecule has 0 spiro atoms. The number of allylic oxidation sites excluding steroid dienone is 7. The van der Waals surface area contributed by atoms with Crippen LogP contribution in [0.5, 0.6) is 0 Å². The van der Waals surface area contributed by atoms with Gasteiger partial charge in [0.1, 0.15) is 0 Å². The van der Waals surface area contributed by atoms with Crippen molar-refractivity contribution in [3.05, 3.63) is 192 Å². The summed E-state index contributed by atoms with van der Waals surface area (Å²) in [5.74, 6) is 1.19. The number of fused-ring (bicyclic) bond motifs is 3. The van der Waals surface area contributed by atoms with Crippen LogP contribution in [0.2, 0.25) is 0 Å². The Morgan fingerprint density at radius 2 is 1.15 bits per heavy atom. The highest BCUT2D eigenvalue weighted by atomic mass is 15.1. The largest absolute Gasteiger partial charge is 0.311 e. The first-order valence-electron chi connectivity index (χ1n) is 17.5. The van der Waals surface area contributed by atoms with Gasteiger partial charge in [0.05, 0.1) is 0 Å². The van der Waals surface area contributed by atoms with Crippen molar-refractivity contribution >= 4 is 11.4 Å². The molecule has 0 saturated heterocycles. The molecule has 5 aromatic rings. The van der Waals surface area contributed by atoms with E-state index in [0.717, 1.165) is 12.8 Å². The number of rotatable bonds is 6. The molecule has 3 aliphatic rings. The van der Waals surface area contributed by atoms with Crippen molar-refractivity contribution in [2.24, 2.45) is 17.3 Å². The van der Waals surface area contributed by atoms with Crippen LogP contribution in [0.15, 0.2) is 181 Å². The van der Waals surface area contributed by atoms with Gasteiger partial charge in [-0.2, -0.15) is 0 Å². The molecule has 5 aromatic carbocycles. The molecule has 8 rings (SSSR count). The molecule has 3 aliphatic carbocycles. The molecule has 3 unspecified atom stereocenters. The molecule has 48 heavy (non-hydrogen) atoms. The van der Waals surface area contributed by atoms with Crippen LogP contribution in [0, 0.1) is 24.2 Å². The quantitative estimate of drug-likeness (QED) is 0.182. The van der Waals surface area contributed by atoms with Gasteiger partial charge in [-0.3, -0.25) is 0 Å². The Labute approximate surface area is 286 Å². The van der Waals surface area contributed by atoms with Gasteiger partial charge in [0, 0.05) is 28.9 Å². The summed E-state index contributed by atoms with van der Waals surface area (Å²) in [6, 6.07) is 48.6. The van der Waals surface area contributed by atoms with Gasteiger partial charge in [-0.25, -0.2) is 0 Å². The van der Waals surface area contributed by atoms with Gasteiger partial charge >= 0.3 is 0 Å². The molecule has 1 nitrogen and oxygen atoms in total. The summed E-state index contributed by atoms with van der Waals surface area (Å²) < 4.78 is 0. The Bertz CT molecular complexity index is 2020. The first-order chi connectivity index (χ1) is 23.5. The van der Waals surface area contributed by atoms with E-state index in [9.17, 15) is 0 Å². The van der Waals surface area contributed by atoms with Gasteiger partial charge in [-0.05, 0) is 100 Å². The van der Waals surface area contributed by atoms with Crippen molar-refractivity contribution in [2.75, 3.05) is 4.90 Å². The van der Waals surface area contributed by atoms with E-state index in [1.807, 2.05) is 0 Å². The molecule has 1 heteroatoms. The summed E-state index contributed by atoms with van der Waals surface area (Å²) in [4.78, 5) is 2.44. The van der Waals surface area contributed by atoms with E-state index in [4.69, 9.17) is 0 Å². The molecular weight excluding hydrogens is 579 g/mol. The van der Waals surface area contributed by atoms with E-state index in [1.165, 1.54) is 61.6 Å². The maximum absolute atomic E-state index is 2.62. The topological polar surface area (TPSA) is 3.24 Å². The van der Waals surface area contributed by atoms with E-state index in [2.05, 4.69) is 190 Å². The van der Waals surface area contributed by atoms with Crippen LogP contribution >= 0.6 is 0 Å². The van der Waals surface area contributed by atoms with E-state index in [-0.39, 0.29) is 5.41 Å². The normalized spacial score (nSPS) is 20.9. The van der Waals surface area contributed by atoms with Crippen LogP contribution in [-0.4, -0.2) is 0 Å². The number of nitrogens with zero attached hydrogens (tertiary/aromatic N) is 1. The zero-order valence-electron chi connectivity index (χ0n) is 28.2. The molecule has 0 N–H and O–H groups in total.